The molecule has 0 radical (unpaired) electrons. The molecule has 3 rings (SSSR count). The van der Waals surface area contributed by atoms with Crippen LogP contribution in [-0.4, -0.2) is 68.6 Å². The second-order valence-electron chi connectivity index (χ2n) is 8.07. The maximum Gasteiger partial charge on any atom is 0.191 e. The Kier molecular flexibility index (Phi) is 10.6. The van der Waals surface area contributed by atoms with Gasteiger partial charge in [-0.25, -0.2) is 0 Å². The van der Waals surface area contributed by atoms with Gasteiger partial charge in [0.25, 0.3) is 0 Å². The highest BCUT2D eigenvalue weighted by Crippen LogP contribution is 2.24. The molecular weight excluding hydrogens is 465 g/mol. The van der Waals surface area contributed by atoms with Gasteiger partial charge in [0.1, 0.15) is 5.76 Å². The molecule has 2 atom stereocenters. The molecule has 7 heteroatoms. The summed E-state index contributed by atoms with van der Waals surface area (Å²) >= 11 is 0. The van der Waals surface area contributed by atoms with Gasteiger partial charge in [0.15, 0.2) is 5.96 Å². The summed E-state index contributed by atoms with van der Waals surface area (Å²) in [6.45, 7) is 10.1. The molecule has 0 aromatic carbocycles. The third kappa shape index (κ3) is 7.22. The van der Waals surface area contributed by atoms with Crippen LogP contribution in [0.15, 0.2) is 27.8 Å². The minimum Gasteiger partial charge on any atom is -0.468 e. The van der Waals surface area contributed by atoms with Gasteiger partial charge in [0.2, 0.25) is 0 Å². The van der Waals surface area contributed by atoms with Gasteiger partial charge in [0.05, 0.1) is 12.3 Å². The topological polar surface area (TPSA) is 56.0 Å². The summed E-state index contributed by atoms with van der Waals surface area (Å²) in [5, 5.41) is 7.04. The van der Waals surface area contributed by atoms with Crippen LogP contribution in [0.2, 0.25) is 0 Å². The average molecular weight is 503 g/mol. The Balaban J connectivity index is 0.00000280. The summed E-state index contributed by atoms with van der Waals surface area (Å²) in [7, 11) is 1.85. The SMILES string of the molecule is CN=C(NCC(C)CN1CCCC1)NCC(c1ccco1)N1CCCCC1.I. The summed E-state index contributed by atoms with van der Waals surface area (Å²) in [5.41, 5.74) is 0. The Morgan fingerprint density at radius 3 is 2.39 bits per heavy atom. The van der Waals surface area contributed by atoms with Crippen LogP contribution >= 0.6 is 24.0 Å². The van der Waals surface area contributed by atoms with Crippen molar-refractivity contribution >= 4 is 29.9 Å². The van der Waals surface area contributed by atoms with E-state index in [9.17, 15) is 0 Å². The van der Waals surface area contributed by atoms with E-state index in [-0.39, 0.29) is 30.0 Å². The average Bonchev–Trinajstić information content (AvgIpc) is 3.39. The first-order chi connectivity index (χ1) is 13.3. The summed E-state index contributed by atoms with van der Waals surface area (Å²) < 4.78 is 5.74. The smallest absolute Gasteiger partial charge is 0.191 e. The molecule has 160 valence electrons. The maximum atomic E-state index is 5.74. The van der Waals surface area contributed by atoms with Crippen molar-refractivity contribution in [3.05, 3.63) is 24.2 Å². The largest absolute Gasteiger partial charge is 0.468 e. The van der Waals surface area contributed by atoms with E-state index in [2.05, 4.69) is 38.4 Å². The molecule has 0 spiro atoms. The van der Waals surface area contributed by atoms with Gasteiger partial charge in [0, 0.05) is 26.7 Å². The van der Waals surface area contributed by atoms with Gasteiger partial charge in [-0.3, -0.25) is 9.89 Å². The first-order valence-corrected chi connectivity index (χ1v) is 10.7. The van der Waals surface area contributed by atoms with Gasteiger partial charge in [-0.1, -0.05) is 13.3 Å². The van der Waals surface area contributed by atoms with Crippen LogP contribution in [0.3, 0.4) is 0 Å². The molecule has 0 saturated carbocycles. The molecule has 0 aliphatic carbocycles. The molecule has 1 aromatic rings. The first kappa shape index (κ1) is 23.5. The van der Waals surface area contributed by atoms with E-state index in [1.807, 2.05) is 13.1 Å². The zero-order valence-electron chi connectivity index (χ0n) is 17.5. The van der Waals surface area contributed by atoms with Crippen molar-refractivity contribution in [3.8, 4) is 0 Å². The fraction of sp³-hybridized carbons (Fsp3) is 0.762. The molecule has 2 aliphatic heterocycles. The van der Waals surface area contributed by atoms with E-state index < -0.39 is 0 Å². The van der Waals surface area contributed by atoms with E-state index >= 15 is 0 Å². The molecule has 2 N–H and O–H groups in total. The summed E-state index contributed by atoms with van der Waals surface area (Å²) in [4.78, 5) is 9.54. The second kappa shape index (κ2) is 12.7. The summed E-state index contributed by atoms with van der Waals surface area (Å²) in [6.07, 6.45) is 8.38. The lowest BCUT2D eigenvalue weighted by Gasteiger charge is -2.33. The monoisotopic (exact) mass is 503 g/mol. The Morgan fingerprint density at radius 2 is 1.75 bits per heavy atom. The minimum absolute atomic E-state index is 0. The molecule has 28 heavy (non-hydrogen) atoms. The summed E-state index contributed by atoms with van der Waals surface area (Å²) in [5.74, 6) is 2.55. The van der Waals surface area contributed by atoms with Crippen LogP contribution in [0.5, 0.6) is 0 Å². The molecule has 0 bridgehead atoms. The van der Waals surface area contributed by atoms with Crippen molar-refractivity contribution in [2.75, 3.05) is 52.9 Å². The van der Waals surface area contributed by atoms with Crippen molar-refractivity contribution in [2.24, 2.45) is 10.9 Å². The third-order valence-corrected chi connectivity index (χ3v) is 5.78. The van der Waals surface area contributed by atoms with E-state index in [1.54, 1.807) is 6.26 Å². The predicted octanol–water partition coefficient (Wildman–Crippen LogP) is 3.32. The molecule has 2 unspecified atom stereocenters. The van der Waals surface area contributed by atoms with Gasteiger partial charge in [-0.2, -0.15) is 0 Å². The number of hydrogen-bond donors (Lipinski definition) is 2. The predicted molar refractivity (Wildman–Crippen MR) is 126 cm³/mol. The minimum atomic E-state index is 0. The van der Waals surface area contributed by atoms with Crippen LogP contribution in [0.1, 0.15) is 50.8 Å². The van der Waals surface area contributed by atoms with Crippen molar-refractivity contribution < 1.29 is 4.42 Å². The zero-order valence-corrected chi connectivity index (χ0v) is 19.9. The maximum absolute atomic E-state index is 5.74. The van der Waals surface area contributed by atoms with Gasteiger partial charge in [-0.05, 0) is 69.9 Å². The molecular formula is C21H38IN5O. The van der Waals surface area contributed by atoms with E-state index in [0.717, 1.165) is 37.9 Å². The third-order valence-electron chi connectivity index (χ3n) is 5.78. The normalized spacial score (nSPS) is 21.1. The molecule has 3 heterocycles. The van der Waals surface area contributed by atoms with Gasteiger partial charge in [-0.15, -0.1) is 24.0 Å². The lowest BCUT2D eigenvalue weighted by molar-refractivity contribution is 0.146. The van der Waals surface area contributed by atoms with Crippen molar-refractivity contribution in [3.63, 3.8) is 0 Å². The first-order valence-electron chi connectivity index (χ1n) is 10.7. The van der Waals surface area contributed by atoms with Crippen molar-refractivity contribution in [2.45, 2.75) is 45.1 Å². The molecule has 2 saturated heterocycles. The van der Waals surface area contributed by atoms with Gasteiger partial charge < -0.3 is 20.0 Å². The fourth-order valence-corrected chi connectivity index (χ4v) is 4.28. The Bertz CT molecular complexity index is 553. The van der Waals surface area contributed by atoms with Crippen LogP contribution in [0, 0.1) is 5.92 Å². The number of furan rings is 1. The lowest BCUT2D eigenvalue weighted by Crippen LogP contribution is -2.45. The van der Waals surface area contributed by atoms with Gasteiger partial charge >= 0.3 is 0 Å². The molecule has 1 aromatic heterocycles. The van der Waals surface area contributed by atoms with E-state index in [4.69, 9.17) is 4.42 Å². The fourth-order valence-electron chi connectivity index (χ4n) is 4.28. The highest BCUT2D eigenvalue weighted by Gasteiger charge is 2.24. The standard InChI is InChI=1S/C21H37N5O.HI/c1-18(17-25-10-6-7-11-25)15-23-21(22-2)24-16-19(20-9-8-14-27-20)26-12-4-3-5-13-26;/h8-9,14,18-19H,3-7,10-13,15-17H2,1-2H3,(H2,22,23,24);1H. The second-order valence-corrected chi connectivity index (χ2v) is 8.07. The number of guanidine groups is 1. The van der Waals surface area contributed by atoms with Crippen LogP contribution in [-0.2, 0) is 0 Å². The Morgan fingerprint density at radius 1 is 1.07 bits per heavy atom. The zero-order chi connectivity index (χ0) is 18.9. The van der Waals surface area contributed by atoms with Crippen LogP contribution in [0.4, 0.5) is 0 Å². The highest BCUT2D eigenvalue weighted by atomic mass is 127. The number of aliphatic imine (C=N–C) groups is 1. The molecule has 0 amide bonds. The Hall–Kier alpha value is -0.800. The van der Waals surface area contributed by atoms with Crippen molar-refractivity contribution in [1.82, 2.24) is 20.4 Å². The number of likely N-dealkylation sites (tertiary alicyclic amines) is 2. The highest BCUT2D eigenvalue weighted by molar-refractivity contribution is 14.0. The van der Waals surface area contributed by atoms with Crippen molar-refractivity contribution in [1.29, 1.82) is 0 Å². The molecule has 2 fully saturated rings. The van der Waals surface area contributed by atoms with Crippen LogP contribution in [0.25, 0.3) is 0 Å². The number of nitrogens with one attached hydrogen (secondary N) is 2. The summed E-state index contributed by atoms with van der Waals surface area (Å²) in [6, 6.07) is 4.34. The molecule has 2 aliphatic rings. The number of halogens is 1. The lowest BCUT2D eigenvalue weighted by atomic mass is 10.1. The number of piperidine rings is 1. The van der Waals surface area contributed by atoms with E-state index in [0.29, 0.717) is 5.92 Å². The number of rotatable bonds is 8. The van der Waals surface area contributed by atoms with E-state index in [1.165, 1.54) is 51.7 Å². The molecule has 6 nitrogen and oxygen atoms in total. The Labute approximate surface area is 187 Å². The number of nitrogens with zero attached hydrogens (tertiary/aromatic N) is 3. The number of hydrogen-bond acceptors (Lipinski definition) is 4. The van der Waals surface area contributed by atoms with Crippen LogP contribution < -0.4 is 10.6 Å². The quantitative estimate of drug-likeness (QED) is 0.324.